The van der Waals surface area contributed by atoms with E-state index in [0.717, 1.165) is 23.4 Å². The molecule has 1 fully saturated rings. The van der Waals surface area contributed by atoms with Gasteiger partial charge in [0.05, 0.1) is 0 Å². The van der Waals surface area contributed by atoms with Gasteiger partial charge in [-0.25, -0.2) is 0 Å². The zero-order valence-electron chi connectivity index (χ0n) is 9.73. The number of benzene rings is 1. The number of piperidine rings is 1. The van der Waals surface area contributed by atoms with Crippen LogP contribution in [0.25, 0.3) is 0 Å². The Bertz CT molecular complexity index is 444. The molecule has 3 rings (SSSR count). The van der Waals surface area contributed by atoms with Crippen molar-refractivity contribution in [1.29, 1.82) is 0 Å². The average Bonchev–Trinajstić information content (AvgIpc) is 2.79. The standard InChI is InChI=1S/C14H16ClNS/c15-13-4-2-1-3-11(13)9-16-7-5-14-12(10-16)6-8-17-14/h1-4,6,14H,5,7-10H2. The van der Waals surface area contributed by atoms with Crippen molar-refractivity contribution >= 4 is 23.4 Å². The van der Waals surface area contributed by atoms with Crippen LogP contribution in [0.1, 0.15) is 12.0 Å². The van der Waals surface area contributed by atoms with Crippen molar-refractivity contribution in [3.05, 3.63) is 46.5 Å². The third-order valence-electron chi connectivity index (χ3n) is 3.52. The van der Waals surface area contributed by atoms with Gasteiger partial charge in [0.15, 0.2) is 0 Å². The number of thioether (sulfide) groups is 1. The lowest BCUT2D eigenvalue weighted by Crippen LogP contribution is -2.35. The molecule has 90 valence electrons. The Morgan fingerprint density at radius 2 is 2.24 bits per heavy atom. The van der Waals surface area contributed by atoms with Crippen molar-refractivity contribution < 1.29 is 0 Å². The van der Waals surface area contributed by atoms with Crippen LogP contribution < -0.4 is 0 Å². The van der Waals surface area contributed by atoms with Crippen LogP contribution in [0, 0.1) is 0 Å². The Balaban J connectivity index is 1.68. The Labute approximate surface area is 112 Å². The first kappa shape index (κ1) is 11.6. The monoisotopic (exact) mass is 265 g/mol. The molecule has 1 aromatic rings. The number of fused-ring (bicyclic) bond motifs is 1. The zero-order valence-corrected chi connectivity index (χ0v) is 11.3. The largest absolute Gasteiger partial charge is 0.295 e. The SMILES string of the molecule is Clc1ccccc1CN1CCC2SCC=C2C1. The molecule has 3 heteroatoms. The second-order valence-electron chi connectivity index (χ2n) is 4.69. The molecule has 2 aliphatic heterocycles. The summed E-state index contributed by atoms with van der Waals surface area (Å²) < 4.78 is 0. The molecule has 1 aromatic carbocycles. The molecular weight excluding hydrogens is 250 g/mol. The van der Waals surface area contributed by atoms with E-state index in [1.165, 1.54) is 24.3 Å². The Morgan fingerprint density at radius 1 is 1.35 bits per heavy atom. The lowest BCUT2D eigenvalue weighted by atomic mass is 10.0. The molecule has 1 nitrogen and oxygen atoms in total. The van der Waals surface area contributed by atoms with Gasteiger partial charge in [-0.1, -0.05) is 35.9 Å². The highest BCUT2D eigenvalue weighted by Gasteiger charge is 2.26. The summed E-state index contributed by atoms with van der Waals surface area (Å²) in [5.41, 5.74) is 2.88. The Hall–Kier alpha value is -0.440. The van der Waals surface area contributed by atoms with Gasteiger partial charge in [-0.3, -0.25) is 4.90 Å². The van der Waals surface area contributed by atoms with Crippen LogP contribution in [0.2, 0.25) is 5.02 Å². The first-order chi connectivity index (χ1) is 8.33. The summed E-state index contributed by atoms with van der Waals surface area (Å²) in [6, 6.07) is 8.17. The second kappa shape index (κ2) is 5.05. The molecule has 1 saturated heterocycles. The fourth-order valence-corrected chi connectivity index (χ4v) is 3.98. The predicted molar refractivity (Wildman–Crippen MR) is 75.7 cm³/mol. The maximum atomic E-state index is 6.21. The minimum absolute atomic E-state index is 0.803. The van der Waals surface area contributed by atoms with Crippen LogP contribution in [-0.2, 0) is 6.54 Å². The van der Waals surface area contributed by atoms with Crippen molar-refractivity contribution in [2.45, 2.75) is 18.2 Å². The molecule has 2 heterocycles. The second-order valence-corrected chi connectivity index (χ2v) is 6.33. The summed E-state index contributed by atoms with van der Waals surface area (Å²) in [4.78, 5) is 2.51. The fraction of sp³-hybridized carbons (Fsp3) is 0.429. The van der Waals surface area contributed by atoms with Crippen LogP contribution in [-0.4, -0.2) is 29.0 Å². The zero-order chi connectivity index (χ0) is 11.7. The first-order valence-corrected chi connectivity index (χ1v) is 7.52. The maximum Gasteiger partial charge on any atom is 0.0451 e. The summed E-state index contributed by atoms with van der Waals surface area (Å²) in [5.74, 6) is 1.21. The van der Waals surface area contributed by atoms with E-state index in [0.29, 0.717) is 0 Å². The van der Waals surface area contributed by atoms with Crippen molar-refractivity contribution in [3.63, 3.8) is 0 Å². The van der Waals surface area contributed by atoms with Gasteiger partial charge in [-0.2, -0.15) is 0 Å². The molecule has 2 aliphatic rings. The van der Waals surface area contributed by atoms with E-state index < -0.39 is 0 Å². The van der Waals surface area contributed by atoms with Crippen LogP contribution in [0.15, 0.2) is 35.9 Å². The number of halogens is 1. The average molecular weight is 266 g/mol. The molecule has 0 saturated carbocycles. The van der Waals surface area contributed by atoms with Crippen LogP contribution in [0.5, 0.6) is 0 Å². The number of rotatable bonds is 2. The predicted octanol–water partition coefficient (Wildman–Crippen LogP) is 3.59. The van der Waals surface area contributed by atoms with Gasteiger partial charge in [0, 0.05) is 35.7 Å². The van der Waals surface area contributed by atoms with Gasteiger partial charge in [0.2, 0.25) is 0 Å². The van der Waals surface area contributed by atoms with E-state index in [9.17, 15) is 0 Å². The normalized spacial score (nSPS) is 24.5. The molecule has 0 aromatic heterocycles. The van der Waals surface area contributed by atoms with E-state index in [2.05, 4.69) is 34.9 Å². The topological polar surface area (TPSA) is 3.24 Å². The minimum Gasteiger partial charge on any atom is -0.295 e. The van der Waals surface area contributed by atoms with Crippen molar-refractivity contribution in [2.24, 2.45) is 0 Å². The summed E-state index contributed by atoms with van der Waals surface area (Å²) in [7, 11) is 0. The fourth-order valence-electron chi connectivity index (χ4n) is 2.58. The summed E-state index contributed by atoms with van der Waals surface area (Å²) in [5, 5.41) is 1.70. The molecule has 1 atom stereocenters. The van der Waals surface area contributed by atoms with Gasteiger partial charge in [0.1, 0.15) is 0 Å². The number of hydrogen-bond donors (Lipinski definition) is 0. The van der Waals surface area contributed by atoms with Crippen molar-refractivity contribution in [3.8, 4) is 0 Å². The summed E-state index contributed by atoms with van der Waals surface area (Å²) in [6.07, 6.45) is 3.70. The highest BCUT2D eigenvalue weighted by Crippen LogP contribution is 2.34. The van der Waals surface area contributed by atoms with E-state index in [-0.39, 0.29) is 0 Å². The smallest absolute Gasteiger partial charge is 0.0451 e. The third-order valence-corrected chi connectivity index (χ3v) is 5.19. The summed E-state index contributed by atoms with van der Waals surface area (Å²) in [6.45, 7) is 3.30. The third kappa shape index (κ3) is 2.54. The number of nitrogens with zero attached hydrogens (tertiary/aromatic N) is 1. The van der Waals surface area contributed by atoms with Gasteiger partial charge >= 0.3 is 0 Å². The highest BCUT2D eigenvalue weighted by molar-refractivity contribution is 8.00. The highest BCUT2D eigenvalue weighted by atomic mass is 35.5. The maximum absolute atomic E-state index is 6.21. The van der Waals surface area contributed by atoms with Gasteiger partial charge in [0.25, 0.3) is 0 Å². The minimum atomic E-state index is 0.803. The lowest BCUT2D eigenvalue weighted by molar-refractivity contribution is 0.261. The molecule has 0 aliphatic carbocycles. The van der Waals surface area contributed by atoms with Crippen LogP contribution >= 0.6 is 23.4 Å². The van der Waals surface area contributed by atoms with E-state index in [1.54, 1.807) is 5.57 Å². The molecule has 17 heavy (non-hydrogen) atoms. The molecule has 1 unspecified atom stereocenters. The van der Waals surface area contributed by atoms with Crippen molar-refractivity contribution in [1.82, 2.24) is 4.90 Å². The Morgan fingerprint density at radius 3 is 3.12 bits per heavy atom. The number of hydrogen-bond acceptors (Lipinski definition) is 2. The van der Waals surface area contributed by atoms with Gasteiger partial charge < -0.3 is 0 Å². The quantitative estimate of drug-likeness (QED) is 0.752. The van der Waals surface area contributed by atoms with Crippen molar-refractivity contribution in [2.75, 3.05) is 18.8 Å². The molecule has 0 radical (unpaired) electrons. The number of likely N-dealkylation sites (tertiary alicyclic amines) is 1. The Kier molecular flexibility index (Phi) is 3.46. The molecule has 0 N–H and O–H groups in total. The molecule has 0 spiro atoms. The van der Waals surface area contributed by atoms with E-state index in [4.69, 9.17) is 11.6 Å². The van der Waals surface area contributed by atoms with Crippen LogP contribution in [0.4, 0.5) is 0 Å². The molecule has 0 amide bonds. The summed E-state index contributed by atoms with van der Waals surface area (Å²) >= 11 is 8.30. The lowest BCUT2D eigenvalue weighted by Gasteiger charge is -2.31. The van der Waals surface area contributed by atoms with Crippen LogP contribution in [0.3, 0.4) is 0 Å². The molecular formula is C14H16ClNS. The van der Waals surface area contributed by atoms with E-state index in [1.807, 2.05) is 12.1 Å². The molecule has 0 bridgehead atoms. The van der Waals surface area contributed by atoms with Gasteiger partial charge in [-0.05, 0) is 23.6 Å². The first-order valence-electron chi connectivity index (χ1n) is 6.09. The van der Waals surface area contributed by atoms with Gasteiger partial charge in [-0.15, -0.1) is 11.8 Å². The van der Waals surface area contributed by atoms with E-state index >= 15 is 0 Å².